The molecule has 0 aliphatic carbocycles. The van der Waals surface area contributed by atoms with Crippen LogP contribution in [0.15, 0.2) is 12.1 Å². The molecule has 2 unspecified atom stereocenters. The molecule has 19 heavy (non-hydrogen) atoms. The van der Waals surface area contributed by atoms with Crippen molar-refractivity contribution in [2.45, 2.75) is 25.0 Å². The molecule has 104 valence electrons. The molecule has 0 radical (unpaired) electrons. The van der Waals surface area contributed by atoms with Crippen molar-refractivity contribution in [2.75, 3.05) is 13.7 Å². The molecule has 1 aromatic heterocycles. The number of carbonyl (C=O) groups is 2. The summed E-state index contributed by atoms with van der Waals surface area (Å²) in [6.07, 6.45) is 0.303. The molecular weight excluding hydrogens is 290 g/mol. The lowest BCUT2D eigenvalue weighted by atomic mass is 10.2. The van der Waals surface area contributed by atoms with Gasteiger partial charge in [0, 0.05) is 25.0 Å². The van der Waals surface area contributed by atoms with E-state index in [0.29, 0.717) is 17.3 Å². The first kappa shape index (κ1) is 14.3. The van der Waals surface area contributed by atoms with Crippen molar-refractivity contribution < 1.29 is 19.4 Å². The number of carboxylic acids is 1. The summed E-state index contributed by atoms with van der Waals surface area (Å²) in [5.74, 6) is -1.19. The zero-order valence-corrected chi connectivity index (χ0v) is 11.9. The third kappa shape index (κ3) is 3.26. The van der Waals surface area contributed by atoms with Crippen molar-refractivity contribution in [1.82, 2.24) is 4.90 Å². The Morgan fingerprint density at radius 3 is 2.84 bits per heavy atom. The highest BCUT2D eigenvalue weighted by Gasteiger charge is 2.39. The highest BCUT2D eigenvalue weighted by atomic mass is 35.5. The lowest BCUT2D eigenvalue weighted by molar-refractivity contribution is -0.147. The molecule has 5 nitrogen and oxygen atoms in total. The molecule has 2 heterocycles. The predicted molar refractivity (Wildman–Crippen MR) is 71.6 cm³/mol. The quantitative estimate of drug-likeness (QED) is 0.918. The van der Waals surface area contributed by atoms with E-state index in [1.807, 2.05) is 0 Å². The van der Waals surface area contributed by atoms with Gasteiger partial charge >= 0.3 is 5.97 Å². The number of carboxylic acid groups (broad SMARTS) is 1. The van der Waals surface area contributed by atoms with Gasteiger partial charge in [-0.2, -0.15) is 0 Å². The van der Waals surface area contributed by atoms with Crippen molar-refractivity contribution in [2.24, 2.45) is 0 Å². The van der Waals surface area contributed by atoms with E-state index in [0.717, 1.165) is 4.88 Å². The van der Waals surface area contributed by atoms with Gasteiger partial charge in [0.2, 0.25) is 5.91 Å². The first-order valence-corrected chi connectivity index (χ1v) is 7.00. The molecule has 0 saturated carbocycles. The summed E-state index contributed by atoms with van der Waals surface area (Å²) in [4.78, 5) is 25.5. The van der Waals surface area contributed by atoms with Gasteiger partial charge in [0.1, 0.15) is 6.04 Å². The fourth-order valence-corrected chi connectivity index (χ4v) is 3.25. The molecule has 0 spiro atoms. The fourth-order valence-electron chi connectivity index (χ4n) is 2.18. The van der Waals surface area contributed by atoms with Crippen LogP contribution in [0, 0.1) is 0 Å². The zero-order valence-electron chi connectivity index (χ0n) is 10.3. The van der Waals surface area contributed by atoms with Gasteiger partial charge in [-0.05, 0) is 12.1 Å². The first-order chi connectivity index (χ1) is 9.01. The molecule has 1 aliphatic rings. The van der Waals surface area contributed by atoms with Gasteiger partial charge in [-0.15, -0.1) is 11.3 Å². The van der Waals surface area contributed by atoms with Crippen molar-refractivity contribution in [1.29, 1.82) is 0 Å². The van der Waals surface area contributed by atoms with Crippen LogP contribution in [0.5, 0.6) is 0 Å². The number of hydrogen-bond donors (Lipinski definition) is 1. The monoisotopic (exact) mass is 303 g/mol. The van der Waals surface area contributed by atoms with Crippen molar-refractivity contribution in [3.05, 3.63) is 21.3 Å². The summed E-state index contributed by atoms with van der Waals surface area (Å²) in [5.41, 5.74) is 0. The van der Waals surface area contributed by atoms with Gasteiger partial charge in [0.15, 0.2) is 0 Å². The maximum Gasteiger partial charge on any atom is 0.326 e. The normalized spacial score (nSPS) is 22.7. The average molecular weight is 304 g/mol. The van der Waals surface area contributed by atoms with Crippen LogP contribution in [0.3, 0.4) is 0 Å². The van der Waals surface area contributed by atoms with Crippen LogP contribution in [0.1, 0.15) is 11.3 Å². The Morgan fingerprint density at radius 1 is 1.58 bits per heavy atom. The predicted octanol–water partition coefficient (Wildman–Crippen LogP) is 1.64. The van der Waals surface area contributed by atoms with Crippen molar-refractivity contribution in [3.8, 4) is 0 Å². The van der Waals surface area contributed by atoms with Gasteiger partial charge in [0.05, 0.1) is 16.9 Å². The third-order valence-corrected chi connectivity index (χ3v) is 4.39. The Morgan fingerprint density at radius 2 is 2.32 bits per heavy atom. The fraction of sp³-hybridized carbons (Fsp3) is 0.500. The topological polar surface area (TPSA) is 66.8 Å². The van der Waals surface area contributed by atoms with Crippen molar-refractivity contribution >= 4 is 34.8 Å². The number of carbonyl (C=O) groups excluding carboxylic acids is 1. The van der Waals surface area contributed by atoms with Gasteiger partial charge in [0.25, 0.3) is 0 Å². The third-order valence-electron chi connectivity index (χ3n) is 3.16. The standard InChI is InChI=1S/C12H14ClNO4S/c1-18-7-4-9(12(16)17)14(6-7)11(15)5-8-2-3-10(13)19-8/h2-3,7,9H,4-6H2,1H3,(H,16,17). The van der Waals surface area contributed by atoms with Gasteiger partial charge in [-0.1, -0.05) is 11.6 Å². The molecular formula is C12H14ClNO4S. The van der Waals surface area contributed by atoms with Gasteiger partial charge in [-0.3, -0.25) is 4.79 Å². The maximum atomic E-state index is 12.2. The molecule has 0 aromatic carbocycles. The summed E-state index contributed by atoms with van der Waals surface area (Å²) in [6, 6.07) is 2.71. The second kappa shape index (κ2) is 5.90. The van der Waals surface area contributed by atoms with Crippen LogP contribution in [0.4, 0.5) is 0 Å². The molecule has 2 rings (SSSR count). The van der Waals surface area contributed by atoms with Crippen LogP contribution in [-0.4, -0.2) is 47.7 Å². The lowest BCUT2D eigenvalue weighted by Crippen LogP contribution is -2.41. The van der Waals surface area contributed by atoms with Crippen LogP contribution in [0.25, 0.3) is 0 Å². The molecule has 1 N–H and O–H groups in total. The molecule has 1 aliphatic heterocycles. The van der Waals surface area contributed by atoms with E-state index in [1.54, 1.807) is 12.1 Å². The number of aliphatic carboxylic acids is 1. The number of amides is 1. The van der Waals surface area contributed by atoms with E-state index in [1.165, 1.54) is 23.3 Å². The zero-order chi connectivity index (χ0) is 14.0. The van der Waals surface area contributed by atoms with Crippen LogP contribution in [0.2, 0.25) is 4.34 Å². The Bertz CT molecular complexity index is 490. The summed E-state index contributed by atoms with van der Waals surface area (Å²) in [5, 5.41) is 9.15. The highest BCUT2D eigenvalue weighted by Crippen LogP contribution is 2.25. The number of likely N-dealkylation sites (tertiary alicyclic amines) is 1. The van der Waals surface area contributed by atoms with Crippen LogP contribution < -0.4 is 0 Å². The van der Waals surface area contributed by atoms with E-state index < -0.39 is 12.0 Å². The summed E-state index contributed by atoms with van der Waals surface area (Å²) in [6.45, 7) is 0.325. The van der Waals surface area contributed by atoms with E-state index >= 15 is 0 Å². The molecule has 0 bridgehead atoms. The number of nitrogens with zero attached hydrogens (tertiary/aromatic N) is 1. The number of halogens is 1. The SMILES string of the molecule is COC1CC(C(=O)O)N(C(=O)Cc2ccc(Cl)s2)C1. The Kier molecular flexibility index (Phi) is 4.44. The minimum Gasteiger partial charge on any atom is -0.480 e. The number of hydrogen-bond acceptors (Lipinski definition) is 4. The molecule has 1 amide bonds. The van der Waals surface area contributed by atoms with Crippen LogP contribution >= 0.6 is 22.9 Å². The Labute approximate surface area is 119 Å². The molecule has 1 fully saturated rings. The molecule has 1 aromatic rings. The molecule has 1 saturated heterocycles. The maximum absolute atomic E-state index is 12.2. The minimum absolute atomic E-state index is 0.178. The number of methoxy groups -OCH3 is 1. The van der Waals surface area contributed by atoms with Gasteiger partial charge in [-0.25, -0.2) is 4.79 Å². The lowest BCUT2D eigenvalue weighted by Gasteiger charge is -2.20. The molecule has 2 atom stereocenters. The number of ether oxygens (including phenoxy) is 1. The highest BCUT2D eigenvalue weighted by molar-refractivity contribution is 7.16. The van der Waals surface area contributed by atoms with Crippen molar-refractivity contribution in [3.63, 3.8) is 0 Å². The smallest absolute Gasteiger partial charge is 0.326 e. The van der Waals surface area contributed by atoms with E-state index in [4.69, 9.17) is 21.4 Å². The van der Waals surface area contributed by atoms with E-state index in [-0.39, 0.29) is 18.4 Å². The Hall–Kier alpha value is -1.11. The summed E-state index contributed by atoms with van der Waals surface area (Å²) >= 11 is 7.14. The summed E-state index contributed by atoms with van der Waals surface area (Å²) < 4.78 is 5.77. The summed E-state index contributed by atoms with van der Waals surface area (Å²) in [7, 11) is 1.52. The Balaban J connectivity index is 2.06. The second-order valence-corrected chi connectivity index (χ2v) is 6.18. The molecule has 7 heteroatoms. The first-order valence-electron chi connectivity index (χ1n) is 5.80. The second-order valence-electron chi connectivity index (χ2n) is 4.38. The average Bonchev–Trinajstić information content (AvgIpc) is 2.95. The van der Waals surface area contributed by atoms with Crippen LogP contribution in [-0.2, 0) is 20.7 Å². The number of rotatable bonds is 4. The van der Waals surface area contributed by atoms with E-state index in [2.05, 4.69) is 0 Å². The van der Waals surface area contributed by atoms with Gasteiger partial charge < -0.3 is 14.7 Å². The minimum atomic E-state index is -0.989. The van der Waals surface area contributed by atoms with E-state index in [9.17, 15) is 9.59 Å². The number of thiophene rings is 1. The largest absolute Gasteiger partial charge is 0.480 e.